The minimum Gasteiger partial charge on any atom is -0.478 e. The van der Waals surface area contributed by atoms with E-state index in [-0.39, 0.29) is 10.8 Å². The average molecular weight is 425 g/mol. The summed E-state index contributed by atoms with van der Waals surface area (Å²) in [5.41, 5.74) is 1.94. The molecule has 2 aromatic carbocycles. The number of amides is 1. The maximum atomic E-state index is 12.7. The lowest BCUT2D eigenvalue weighted by Gasteiger charge is -2.26. The fourth-order valence-electron chi connectivity index (χ4n) is 2.46. The van der Waals surface area contributed by atoms with Crippen molar-refractivity contribution in [1.29, 1.82) is 0 Å². The molecule has 1 unspecified atom stereocenters. The van der Waals surface area contributed by atoms with Gasteiger partial charge in [0.05, 0.1) is 5.69 Å². The number of anilines is 2. The Labute approximate surface area is 154 Å². The van der Waals surface area contributed by atoms with Gasteiger partial charge in [-0.3, -0.25) is 9.52 Å². The predicted octanol–water partition coefficient (Wildman–Crippen LogP) is 3.67. The molecule has 6 nitrogen and oxygen atoms in total. The number of rotatable bonds is 4. The molecular weight excluding hydrogens is 408 g/mol. The van der Waals surface area contributed by atoms with Crippen molar-refractivity contribution in [1.82, 2.24) is 0 Å². The first-order valence-corrected chi connectivity index (χ1v) is 9.98. The Hall–Kier alpha value is -2.06. The zero-order chi connectivity index (χ0) is 18.2. The lowest BCUT2D eigenvalue weighted by atomic mass is 10.2. The molecule has 3 rings (SSSR count). The van der Waals surface area contributed by atoms with Crippen LogP contribution in [0.2, 0.25) is 0 Å². The van der Waals surface area contributed by atoms with Gasteiger partial charge in [0, 0.05) is 16.2 Å². The van der Waals surface area contributed by atoms with Crippen LogP contribution in [0.15, 0.2) is 45.8 Å². The van der Waals surface area contributed by atoms with Crippen LogP contribution < -0.4 is 14.8 Å². The van der Waals surface area contributed by atoms with E-state index in [9.17, 15) is 13.2 Å². The molecule has 0 spiro atoms. The minimum atomic E-state index is -3.82. The zero-order valence-corrected chi connectivity index (χ0v) is 16.1. The molecule has 8 heteroatoms. The summed E-state index contributed by atoms with van der Waals surface area (Å²) >= 11 is 3.26. The van der Waals surface area contributed by atoms with Gasteiger partial charge in [0.1, 0.15) is 10.6 Å². The number of nitrogens with one attached hydrogen (secondary N) is 2. The molecule has 0 aliphatic carbocycles. The van der Waals surface area contributed by atoms with Crippen molar-refractivity contribution in [3.63, 3.8) is 0 Å². The minimum absolute atomic E-state index is 0.0397. The molecule has 2 aromatic rings. The molecule has 132 valence electrons. The van der Waals surface area contributed by atoms with Crippen LogP contribution in [0.5, 0.6) is 5.75 Å². The van der Waals surface area contributed by atoms with Crippen molar-refractivity contribution in [2.45, 2.75) is 31.3 Å². The number of ether oxygens (including phenoxy) is 1. The summed E-state index contributed by atoms with van der Waals surface area (Å²) in [7, 11) is -3.82. The van der Waals surface area contributed by atoms with Gasteiger partial charge in [-0.2, -0.15) is 0 Å². The van der Waals surface area contributed by atoms with Crippen LogP contribution in [0, 0.1) is 6.92 Å². The van der Waals surface area contributed by atoms with Crippen molar-refractivity contribution in [3.05, 3.63) is 46.4 Å². The Balaban J connectivity index is 1.96. The first kappa shape index (κ1) is 17.8. The van der Waals surface area contributed by atoms with Crippen molar-refractivity contribution < 1.29 is 17.9 Å². The molecule has 2 N–H and O–H groups in total. The smallest absolute Gasteiger partial charge is 0.265 e. The second-order valence-corrected chi connectivity index (χ2v) is 8.26. The van der Waals surface area contributed by atoms with E-state index in [1.807, 2.05) is 26.0 Å². The molecule has 1 aliphatic heterocycles. The number of hydrogen-bond acceptors (Lipinski definition) is 4. The highest BCUT2D eigenvalue weighted by atomic mass is 79.9. The van der Waals surface area contributed by atoms with Crippen LogP contribution in [-0.4, -0.2) is 20.4 Å². The highest BCUT2D eigenvalue weighted by molar-refractivity contribution is 9.10. The molecule has 0 fully saturated rings. The van der Waals surface area contributed by atoms with E-state index in [1.54, 1.807) is 12.1 Å². The van der Waals surface area contributed by atoms with Crippen LogP contribution in [0.1, 0.15) is 18.9 Å². The fourth-order valence-corrected chi connectivity index (χ4v) is 4.57. The molecule has 1 amide bonds. The monoisotopic (exact) mass is 424 g/mol. The molecule has 1 atom stereocenters. The number of sulfonamides is 1. The van der Waals surface area contributed by atoms with E-state index < -0.39 is 16.1 Å². The van der Waals surface area contributed by atoms with Crippen LogP contribution in [0.3, 0.4) is 0 Å². The van der Waals surface area contributed by atoms with E-state index in [1.165, 1.54) is 12.1 Å². The Morgan fingerprint density at radius 2 is 1.92 bits per heavy atom. The topological polar surface area (TPSA) is 84.5 Å². The largest absolute Gasteiger partial charge is 0.478 e. The van der Waals surface area contributed by atoms with E-state index in [0.29, 0.717) is 28.0 Å². The highest BCUT2D eigenvalue weighted by Gasteiger charge is 2.29. The first-order valence-electron chi connectivity index (χ1n) is 7.70. The van der Waals surface area contributed by atoms with Gasteiger partial charge in [0.25, 0.3) is 15.9 Å². The molecule has 1 heterocycles. The predicted molar refractivity (Wildman–Crippen MR) is 99.5 cm³/mol. The molecular formula is C17H17BrN2O4S. The van der Waals surface area contributed by atoms with Crippen molar-refractivity contribution in [2.75, 3.05) is 10.0 Å². The highest BCUT2D eigenvalue weighted by Crippen LogP contribution is 2.37. The number of carbonyl (C=O) groups excluding carboxylic acids is 1. The molecule has 0 bridgehead atoms. The number of hydrogen-bond donors (Lipinski definition) is 2. The van der Waals surface area contributed by atoms with Crippen LogP contribution in [-0.2, 0) is 14.8 Å². The van der Waals surface area contributed by atoms with E-state index in [0.717, 1.165) is 5.56 Å². The number of aryl methyl sites for hydroxylation is 1. The van der Waals surface area contributed by atoms with Gasteiger partial charge in [-0.05, 0) is 47.5 Å². The summed E-state index contributed by atoms with van der Waals surface area (Å²) in [6.45, 7) is 3.75. The molecule has 0 aromatic heterocycles. The Kier molecular flexibility index (Phi) is 4.75. The number of fused-ring (bicyclic) bond motifs is 1. The molecule has 25 heavy (non-hydrogen) atoms. The van der Waals surface area contributed by atoms with Crippen LogP contribution in [0.25, 0.3) is 0 Å². The van der Waals surface area contributed by atoms with Gasteiger partial charge < -0.3 is 10.1 Å². The van der Waals surface area contributed by atoms with E-state index in [4.69, 9.17) is 4.74 Å². The van der Waals surface area contributed by atoms with Gasteiger partial charge in [0.2, 0.25) is 0 Å². The first-order chi connectivity index (χ1) is 11.8. The standard InChI is InChI=1S/C17H17BrN2O4S/c1-3-14-17(21)19-13-8-12(18)16(9-15(13)24-14)25(22,23)20-11-6-4-10(2)5-7-11/h4-9,14,20H,3H2,1-2H3,(H,19,21). The summed E-state index contributed by atoms with van der Waals surface area (Å²) < 4.78 is 34.0. The lowest BCUT2D eigenvalue weighted by molar-refractivity contribution is -0.123. The lowest BCUT2D eigenvalue weighted by Crippen LogP contribution is -2.36. The third-order valence-corrected chi connectivity index (χ3v) is 6.16. The summed E-state index contributed by atoms with van der Waals surface area (Å²) in [5.74, 6) is 0.0919. The fraction of sp³-hybridized carbons (Fsp3) is 0.235. The van der Waals surface area contributed by atoms with Gasteiger partial charge in [-0.15, -0.1) is 0 Å². The summed E-state index contributed by atoms with van der Waals surface area (Å²) in [6, 6.07) is 9.99. The Morgan fingerprint density at radius 3 is 2.56 bits per heavy atom. The normalized spacial score (nSPS) is 16.6. The summed E-state index contributed by atoms with van der Waals surface area (Å²) in [6.07, 6.45) is -0.139. The van der Waals surface area contributed by atoms with E-state index >= 15 is 0 Å². The average Bonchev–Trinajstić information content (AvgIpc) is 2.55. The second-order valence-electron chi connectivity index (χ2n) is 5.75. The quantitative estimate of drug-likeness (QED) is 0.783. The number of halogens is 1. The van der Waals surface area contributed by atoms with Crippen LogP contribution >= 0.6 is 15.9 Å². The number of benzene rings is 2. The van der Waals surface area contributed by atoms with Crippen LogP contribution in [0.4, 0.5) is 11.4 Å². The summed E-state index contributed by atoms with van der Waals surface area (Å²) in [4.78, 5) is 11.9. The van der Waals surface area contributed by atoms with Crippen molar-refractivity contribution in [2.24, 2.45) is 0 Å². The van der Waals surface area contributed by atoms with E-state index in [2.05, 4.69) is 26.0 Å². The molecule has 0 saturated carbocycles. The second kappa shape index (κ2) is 6.68. The zero-order valence-electron chi connectivity index (χ0n) is 13.7. The van der Waals surface area contributed by atoms with Gasteiger partial charge >= 0.3 is 0 Å². The van der Waals surface area contributed by atoms with Gasteiger partial charge in [0.15, 0.2) is 6.10 Å². The maximum absolute atomic E-state index is 12.7. The summed E-state index contributed by atoms with van der Waals surface area (Å²) in [5, 5.41) is 2.73. The Bertz CT molecular complexity index is 926. The van der Waals surface area contributed by atoms with Crippen molar-refractivity contribution in [3.8, 4) is 5.75 Å². The third kappa shape index (κ3) is 3.64. The SMILES string of the molecule is CCC1Oc2cc(S(=O)(=O)Nc3ccc(C)cc3)c(Br)cc2NC1=O. The third-order valence-electron chi connectivity index (χ3n) is 3.82. The maximum Gasteiger partial charge on any atom is 0.265 e. The van der Waals surface area contributed by atoms with Gasteiger partial charge in [-0.1, -0.05) is 24.6 Å². The van der Waals surface area contributed by atoms with Gasteiger partial charge in [-0.25, -0.2) is 8.42 Å². The molecule has 1 aliphatic rings. The Morgan fingerprint density at radius 1 is 1.24 bits per heavy atom. The number of carbonyl (C=O) groups is 1. The molecule has 0 saturated heterocycles. The van der Waals surface area contributed by atoms with Crippen molar-refractivity contribution >= 4 is 43.2 Å². The molecule has 0 radical (unpaired) electrons.